The summed E-state index contributed by atoms with van der Waals surface area (Å²) < 4.78 is 8.76. The Morgan fingerprint density at radius 2 is 1.85 bits per heavy atom. The average molecular weight is 438 g/mol. The maximum Gasteiger partial charge on any atom is 0.163 e. The van der Waals surface area contributed by atoms with Crippen molar-refractivity contribution in [3.8, 4) is 5.75 Å². The normalized spacial score (nSPS) is 14.0. The lowest BCUT2D eigenvalue weighted by molar-refractivity contribution is 0.0972. The molecular weight excluding hydrogens is 410 g/mol. The summed E-state index contributed by atoms with van der Waals surface area (Å²) in [5, 5.41) is 0. The van der Waals surface area contributed by atoms with Crippen LogP contribution in [0.3, 0.4) is 0 Å². The molecule has 1 atom stereocenters. The van der Waals surface area contributed by atoms with Crippen LogP contribution < -0.4 is 4.74 Å². The van der Waals surface area contributed by atoms with Crippen molar-refractivity contribution >= 4 is 5.78 Å². The Labute approximate surface area is 194 Å². The molecule has 166 valence electrons. The highest BCUT2D eigenvalue weighted by Crippen LogP contribution is 2.35. The van der Waals surface area contributed by atoms with Gasteiger partial charge in [0.1, 0.15) is 11.9 Å². The number of pyridine rings is 1. The fourth-order valence-electron chi connectivity index (χ4n) is 4.60. The van der Waals surface area contributed by atoms with Crippen LogP contribution in [0.1, 0.15) is 51.6 Å². The summed E-state index contributed by atoms with van der Waals surface area (Å²) in [6, 6.07) is 18.3. The maximum absolute atomic E-state index is 12.6. The number of aromatic nitrogens is 3. The Bertz CT molecular complexity index is 1200. The molecule has 2 heterocycles. The number of ketones is 1. The summed E-state index contributed by atoms with van der Waals surface area (Å²) in [6.07, 6.45) is 13.2. The monoisotopic (exact) mass is 437 g/mol. The van der Waals surface area contributed by atoms with Crippen LogP contribution in [0.15, 0.2) is 85.7 Å². The van der Waals surface area contributed by atoms with Gasteiger partial charge in [-0.15, -0.1) is 0 Å². The van der Waals surface area contributed by atoms with E-state index in [1.807, 2.05) is 59.7 Å². The van der Waals surface area contributed by atoms with Crippen LogP contribution in [0.4, 0.5) is 0 Å². The Balaban J connectivity index is 1.50. The maximum atomic E-state index is 12.6. The minimum Gasteiger partial charge on any atom is -0.484 e. The number of carbonyl (C=O) groups excluding carboxylic acids is 1. The molecule has 0 fully saturated rings. The summed E-state index contributed by atoms with van der Waals surface area (Å²) >= 11 is 0. The van der Waals surface area contributed by atoms with Gasteiger partial charge in [0.05, 0.1) is 12.9 Å². The number of carbonyl (C=O) groups is 1. The number of Topliss-reactive ketones (excluding diaryl/α,β-unsaturated/α-hetero) is 1. The lowest BCUT2D eigenvalue weighted by atomic mass is 9.85. The summed E-state index contributed by atoms with van der Waals surface area (Å²) in [5.41, 5.74) is 5.46. The molecule has 5 heteroatoms. The Hall–Kier alpha value is -3.73. The molecule has 2 aromatic carbocycles. The minimum absolute atomic E-state index is 0.171. The van der Waals surface area contributed by atoms with Gasteiger partial charge in [-0.25, -0.2) is 4.98 Å². The number of fused-ring (bicyclic) bond motifs is 1. The number of aryl methyl sites for hydroxylation is 1. The second kappa shape index (κ2) is 9.82. The van der Waals surface area contributed by atoms with Gasteiger partial charge in [-0.2, -0.15) is 0 Å². The lowest BCUT2D eigenvalue weighted by Crippen LogP contribution is -2.18. The van der Waals surface area contributed by atoms with E-state index < -0.39 is 0 Å². The van der Waals surface area contributed by atoms with E-state index in [-0.39, 0.29) is 11.9 Å². The Kier molecular flexibility index (Phi) is 6.29. The SMILES string of the molecule is O=C1CCCc2c1ccc(O[C@H](Cn1ccnc1)c1ccccc1)c2CCc1cccnc1. The quantitative estimate of drug-likeness (QED) is 0.370. The topological polar surface area (TPSA) is 57.0 Å². The highest BCUT2D eigenvalue weighted by molar-refractivity contribution is 5.99. The molecule has 2 aromatic heterocycles. The van der Waals surface area contributed by atoms with Gasteiger partial charge in [0.15, 0.2) is 5.78 Å². The fraction of sp³-hybridized carbons (Fsp3) is 0.250. The van der Waals surface area contributed by atoms with Crippen molar-refractivity contribution in [2.75, 3.05) is 0 Å². The molecule has 1 aliphatic carbocycles. The zero-order chi connectivity index (χ0) is 22.5. The molecule has 0 saturated heterocycles. The molecule has 5 nitrogen and oxygen atoms in total. The van der Waals surface area contributed by atoms with E-state index in [1.54, 1.807) is 12.4 Å². The number of nitrogens with zero attached hydrogens (tertiary/aromatic N) is 3. The van der Waals surface area contributed by atoms with Crippen molar-refractivity contribution in [3.63, 3.8) is 0 Å². The van der Waals surface area contributed by atoms with Gasteiger partial charge >= 0.3 is 0 Å². The van der Waals surface area contributed by atoms with Crippen LogP contribution >= 0.6 is 0 Å². The number of ether oxygens (including phenoxy) is 1. The molecule has 5 rings (SSSR count). The average Bonchev–Trinajstić information content (AvgIpc) is 3.37. The third kappa shape index (κ3) is 4.87. The van der Waals surface area contributed by atoms with Crippen LogP contribution in [-0.2, 0) is 25.8 Å². The lowest BCUT2D eigenvalue weighted by Gasteiger charge is -2.26. The Morgan fingerprint density at radius 1 is 0.939 bits per heavy atom. The standard InChI is InChI=1S/C28H27N3O2/c32-26-10-4-9-23-24(26)13-14-27(25(23)12-11-21-6-5-15-29-18-21)33-28(19-31-17-16-30-20-31)22-7-2-1-3-8-22/h1-3,5-8,13-18,20,28H,4,9-12,19H2/t28-/m1/s1. The molecular formula is C28H27N3O2. The van der Waals surface area contributed by atoms with Gasteiger partial charge in [0.25, 0.3) is 0 Å². The molecule has 0 amide bonds. The van der Waals surface area contributed by atoms with Gasteiger partial charge < -0.3 is 9.30 Å². The van der Waals surface area contributed by atoms with Crippen molar-refractivity contribution in [3.05, 3.63) is 114 Å². The van der Waals surface area contributed by atoms with Crippen LogP contribution in [0, 0.1) is 0 Å². The first-order chi connectivity index (χ1) is 16.3. The number of rotatable bonds is 8. The molecule has 0 radical (unpaired) electrons. The first-order valence-corrected chi connectivity index (χ1v) is 11.5. The summed E-state index contributed by atoms with van der Waals surface area (Å²) in [6.45, 7) is 0.655. The third-order valence-corrected chi connectivity index (χ3v) is 6.28. The number of benzene rings is 2. The van der Waals surface area contributed by atoms with Crippen LogP contribution in [0.5, 0.6) is 5.75 Å². The molecule has 1 aliphatic rings. The molecule has 0 N–H and O–H groups in total. The van der Waals surface area contributed by atoms with Crippen molar-refractivity contribution in [1.29, 1.82) is 0 Å². The van der Waals surface area contributed by atoms with E-state index in [2.05, 4.69) is 28.2 Å². The highest BCUT2D eigenvalue weighted by atomic mass is 16.5. The van der Waals surface area contributed by atoms with Crippen molar-refractivity contribution in [2.45, 2.75) is 44.8 Å². The second-order valence-corrected chi connectivity index (χ2v) is 8.48. The summed E-state index contributed by atoms with van der Waals surface area (Å²) in [5.74, 6) is 1.10. The summed E-state index contributed by atoms with van der Waals surface area (Å²) in [7, 11) is 0. The molecule has 0 saturated carbocycles. The molecule has 0 bridgehead atoms. The molecule has 0 unspecified atom stereocenters. The van der Waals surface area contributed by atoms with E-state index in [9.17, 15) is 4.79 Å². The van der Waals surface area contributed by atoms with Gasteiger partial charge in [0.2, 0.25) is 0 Å². The Morgan fingerprint density at radius 3 is 2.64 bits per heavy atom. The van der Waals surface area contributed by atoms with E-state index >= 15 is 0 Å². The third-order valence-electron chi connectivity index (χ3n) is 6.28. The van der Waals surface area contributed by atoms with Crippen molar-refractivity contribution < 1.29 is 9.53 Å². The van der Waals surface area contributed by atoms with Crippen molar-refractivity contribution in [1.82, 2.24) is 14.5 Å². The fourth-order valence-corrected chi connectivity index (χ4v) is 4.60. The molecule has 0 aliphatic heterocycles. The van der Waals surface area contributed by atoms with Gasteiger partial charge in [-0.1, -0.05) is 36.4 Å². The highest BCUT2D eigenvalue weighted by Gasteiger charge is 2.24. The first-order valence-electron chi connectivity index (χ1n) is 11.5. The van der Waals surface area contributed by atoms with Crippen LogP contribution in [-0.4, -0.2) is 20.3 Å². The zero-order valence-electron chi connectivity index (χ0n) is 18.6. The summed E-state index contributed by atoms with van der Waals surface area (Å²) in [4.78, 5) is 21.1. The second-order valence-electron chi connectivity index (χ2n) is 8.48. The smallest absolute Gasteiger partial charge is 0.163 e. The van der Waals surface area contributed by atoms with Crippen LogP contribution in [0.2, 0.25) is 0 Å². The van der Waals surface area contributed by atoms with E-state index in [0.29, 0.717) is 13.0 Å². The zero-order valence-corrected chi connectivity index (χ0v) is 18.6. The van der Waals surface area contributed by atoms with E-state index in [4.69, 9.17) is 4.74 Å². The number of hydrogen-bond acceptors (Lipinski definition) is 4. The largest absolute Gasteiger partial charge is 0.484 e. The minimum atomic E-state index is -0.171. The number of hydrogen-bond donors (Lipinski definition) is 0. The van der Waals surface area contributed by atoms with Crippen molar-refractivity contribution in [2.24, 2.45) is 0 Å². The first kappa shape index (κ1) is 21.1. The van der Waals surface area contributed by atoms with E-state index in [0.717, 1.165) is 53.7 Å². The van der Waals surface area contributed by atoms with Gasteiger partial charge in [-0.3, -0.25) is 9.78 Å². The van der Waals surface area contributed by atoms with Crippen LogP contribution in [0.25, 0.3) is 0 Å². The van der Waals surface area contributed by atoms with E-state index in [1.165, 1.54) is 5.56 Å². The number of imidazole rings is 1. The van der Waals surface area contributed by atoms with Gasteiger partial charge in [-0.05, 0) is 66.1 Å². The predicted octanol–water partition coefficient (Wildman–Crippen LogP) is 5.40. The molecule has 33 heavy (non-hydrogen) atoms. The van der Waals surface area contributed by atoms with Gasteiger partial charge in [0, 0.05) is 36.8 Å². The molecule has 4 aromatic rings. The molecule has 0 spiro atoms. The predicted molar refractivity (Wildman–Crippen MR) is 127 cm³/mol.